The molecule has 10 nitrogen and oxygen atoms in total. The number of aryl methyl sites for hydroxylation is 2. The number of nitrogens with zero attached hydrogens (tertiary/aromatic N) is 2. The van der Waals surface area contributed by atoms with Crippen molar-refractivity contribution in [2.75, 3.05) is 19.6 Å². The van der Waals surface area contributed by atoms with Crippen molar-refractivity contribution in [3.63, 3.8) is 0 Å². The number of rotatable bonds is 7. The Kier molecular flexibility index (Phi) is 10.6. The van der Waals surface area contributed by atoms with Gasteiger partial charge in [-0.05, 0) is 92.1 Å². The topological polar surface area (TPSA) is 148 Å². The van der Waals surface area contributed by atoms with Crippen LogP contribution < -0.4 is 11.2 Å². The zero-order valence-electron chi connectivity index (χ0n) is 27.9. The van der Waals surface area contributed by atoms with E-state index < -0.39 is 5.97 Å². The zero-order chi connectivity index (χ0) is 34.4. The van der Waals surface area contributed by atoms with Crippen LogP contribution in [0.5, 0.6) is 0 Å². The Balaban J connectivity index is 0.000000158. The highest BCUT2D eigenvalue weighted by Gasteiger charge is 2.20. The van der Waals surface area contributed by atoms with Crippen molar-refractivity contribution in [2.24, 2.45) is 0 Å². The maximum absolute atomic E-state index is 12.1. The standard InChI is InChI=1S/C16H14N2O3.C16H12N2O2.C6H15N/c1-2-9-5-6-12-11(8-9)13(14(18-12)16(20)21)10-4-3-7-17-15(10)19;1-2-9-5-6-12-11(8-9)13-10-4-3-7-17-15(10)20-16(19)14(13)18-12;1-4-7(5-2)6-3/h3-8,18H,2H2,1H3,(H,17,19)(H,20,21);3-8,18H,2H2,1H3;4-6H2,1-3H3. The van der Waals surface area contributed by atoms with Crippen LogP contribution in [0.15, 0.2) is 87.1 Å². The van der Waals surface area contributed by atoms with Gasteiger partial charge in [0.2, 0.25) is 5.71 Å². The average Bonchev–Trinajstić information content (AvgIpc) is 3.69. The number of pyridine rings is 2. The fourth-order valence-corrected chi connectivity index (χ4v) is 5.88. The Bertz CT molecular complexity index is 2320. The molecule has 0 bridgehead atoms. The number of benzene rings is 2. The van der Waals surface area contributed by atoms with Gasteiger partial charge >= 0.3 is 11.6 Å². The molecule has 0 aliphatic carbocycles. The lowest BCUT2D eigenvalue weighted by Crippen LogP contribution is -2.21. The first-order valence-corrected chi connectivity index (χ1v) is 16.3. The van der Waals surface area contributed by atoms with Gasteiger partial charge in [0.25, 0.3) is 5.56 Å². The second kappa shape index (κ2) is 15.0. The SMILES string of the molecule is CCN(CC)CC.CCc1ccc2[nH]c(C(=O)O)c(-c3ccc[nH]c3=O)c2c1.CCc1ccc2[nH]c3c(=O)oc4ncccc4c3c2c1. The molecule has 10 heteroatoms. The highest BCUT2D eigenvalue weighted by molar-refractivity contribution is 6.18. The smallest absolute Gasteiger partial charge is 0.362 e. The van der Waals surface area contributed by atoms with Crippen LogP contribution in [0.25, 0.3) is 54.9 Å². The van der Waals surface area contributed by atoms with Gasteiger partial charge in [-0.2, -0.15) is 0 Å². The Hall–Kier alpha value is -5.48. The Morgan fingerprint density at radius 3 is 2.04 bits per heavy atom. The Morgan fingerprint density at radius 1 is 0.812 bits per heavy atom. The number of nitrogens with one attached hydrogen (secondary N) is 3. The molecule has 0 saturated carbocycles. The second-order valence-electron chi connectivity index (χ2n) is 11.3. The number of hydrogen-bond acceptors (Lipinski definition) is 6. The minimum absolute atomic E-state index is 0.0370. The van der Waals surface area contributed by atoms with Crippen LogP contribution in [0, 0.1) is 0 Å². The number of carboxylic acid groups (broad SMARTS) is 1. The molecule has 0 amide bonds. The first-order valence-electron chi connectivity index (χ1n) is 16.3. The highest BCUT2D eigenvalue weighted by Crippen LogP contribution is 2.32. The summed E-state index contributed by atoms with van der Waals surface area (Å²) in [5, 5.41) is 13.0. The van der Waals surface area contributed by atoms with Crippen molar-refractivity contribution in [3.05, 3.63) is 111 Å². The van der Waals surface area contributed by atoms with Crippen molar-refractivity contribution in [2.45, 2.75) is 47.5 Å². The quantitative estimate of drug-likeness (QED) is 0.140. The van der Waals surface area contributed by atoms with E-state index in [1.54, 1.807) is 18.3 Å². The van der Waals surface area contributed by atoms with E-state index in [0.717, 1.165) is 45.5 Å². The lowest BCUT2D eigenvalue weighted by Gasteiger charge is -2.13. The first kappa shape index (κ1) is 33.9. The van der Waals surface area contributed by atoms with Crippen LogP contribution >= 0.6 is 0 Å². The molecule has 7 rings (SSSR count). The van der Waals surface area contributed by atoms with E-state index in [0.29, 0.717) is 27.9 Å². The van der Waals surface area contributed by atoms with Crippen LogP contribution in [0.4, 0.5) is 0 Å². The molecule has 2 aromatic carbocycles. The molecule has 7 aromatic rings. The number of carboxylic acids is 1. The van der Waals surface area contributed by atoms with Crippen LogP contribution in [0.3, 0.4) is 0 Å². The largest absolute Gasteiger partial charge is 0.477 e. The molecule has 5 heterocycles. The lowest BCUT2D eigenvalue weighted by molar-refractivity contribution is 0.0692. The van der Waals surface area contributed by atoms with Crippen molar-refractivity contribution in [3.8, 4) is 11.1 Å². The predicted molar refractivity (Wildman–Crippen MR) is 193 cm³/mol. The van der Waals surface area contributed by atoms with E-state index in [1.165, 1.54) is 31.4 Å². The van der Waals surface area contributed by atoms with Crippen molar-refractivity contribution in [1.82, 2.24) is 24.8 Å². The minimum Gasteiger partial charge on any atom is -0.477 e. The normalized spacial score (nSPS) is 11.1. The number of aromatic carboxylic acids is 1. The number of aromatic amines is 3. The maximum atomic E-state index is 12.1. The molecule has 0 saturated heterocycles. The predicted octanol–water partition coefficient (Wildman–Crippen LogP) is 7.52. The molecule has 0 unspecified atom stereocenters. The van der Waals surface area contributed by atoms with E-state index >= 15 is 0 Å². The summed E-state index contributed by atoms with van der Waals surface area (Å²) in [5.41, 5.74) is 5.03. The number of carbonyl (C=O) groups is 1. The van der Waals surface area contributed by atoms with Gasteiger partial charge < -0.3 is 29.4 Å². The van der Waals surface area contributed by atoms with Gasteiger partial charge in [0.15, 0.2) is 0 Å². The molecule has 0 fully saturated rings. The van der Waals surface area contributed by atoms with E-state index in [-0.39, 0.29) is 16.9 Å². The van der Waals surface area contributed by atoms with Crippen molar-refractivity contribution >= 4 is 49.8 Å². The molecule has 0 aliphatic heterocycles. The molecule has 5 aromatic heterocycles. The van der Waals surface area contributed by atoms with Gasteiger partial charge in [-0.1, -0.05) is 46.8 Å². The Morgan fingerprint density at radius 2 is 1.46 bits per heavy atom. The summed E-state index contributed by atoms with van der Waals surface area (Å²) in [6, 6.07) is 19.0. The van der Waals surface area contributed by atoms with E-state index in [9.17, 15) is 19.5 Å². The third kappa shape index (κ3) is 6.79. The average molecular weight is 648 g/mol. The van der Waals surface area contributed by atoms with Gasteiger partial charge in [0.1, 0.15) is 11.2 Å². The third-order valence-corrected chi connectivity index (χ3v) is 8.62. The summed E-state index contributed by atoms with van der Waals surface area (Å²) in [7, 11) is 0. The fraction of sp³-hybridized carbons (Fsp3) is 0.263. The third-order valence-electron chi connectivity index (χ3n) is 8.62. The molecular formula is C38H41N5O5. The molecule has 0 atom stereocenters. The number of aromatic nitrogens is 4. The van der Waals surface area contributed by atoms with E-state index in [1.807, 2.05) is 43.3 Å². The van der Waals surface area contributed by atoms with Gasteiger partial charge in [-0.25, -0.2) is 14.6 Å². The summed E-state index contributed by atoms with van der Waals surface area (Å²) in [4.78, 5) is 50.7. The van der Waals surface area contributed by atoms with E-state index in [2.05, 4.69) is 64.7 Å². The van der Waals surface area contributed by atoms with Crippen LogP contribution in [0.1, 0.15) is 56.2 Å². The van der Waals surface area contributed by atoms with Gasteiger partial charge in [0.05, 0.1) is 0 Å². The summed E-state index contributed by atoms with van der Waals surface area (Å²) in [5.74, 6) is -1.08. The highest BCUT2D eigenvalue weighted by atomic mass is 16.4. The second-order valence-corrected chi connectivity index (χ2v) is 11.3. The molecule has 248 valence electrons. The number of H-pyrrole nitrogens is 3. The van der Waals surface area contributed by atoms with Crippen LogP contribution in [-0.2, 0) is 12.8 Å². The lowest BCUT2D eigenvalue weighted by atomic mass is 10.0. The summed E-state index contributed by atoms with van der Waals surface area (Å²) < 4.78 is 5.26. The molecule has 0 radical (unpaired) electrons. The summed E-state index contributed by atoms with van der Waals surface area (Å²) in [6.45, 7) is 14.3. The van der Waals surface area contributed by atoms with Crippen molar-refractivity contribution in [1.29, 1.82) is 0 Å². The molecule has 48 heavy (non-hydrogen) atoms. The minimum atomic E-state index is -1.08. The zero-order valence-corrected chi connectivity index (χ0v) is 27.9. The van der Waals surface area contributed by atoms with Crippen LogP contribution in [0.2, 0.25) is 0 Å². The van der Waals surface area contributed by atoms with E-state index in [4.69, 9.17) is 4.42 Å². The summed E-state index contributed by atoms with van der Waals surface area (Å²) in [6.07, 6.45) is 4.95. The molecule has 0 aliphatic rings. The van der Waals surface area contributed by atoms with Crippen molar-refractivity contribution < 1.29 is 14.3 Å². The van der Waals surface area contributed by atoms with Gasteiger partial charge in [0, 0.05) is 56.1 Å². The van der Waals surface area contributed by atoms with Gasteiger partial charge in [-0.3, -0.25) is 4.79 Å². The first-order chi connectivity index (χ1) is 23.2. The monoisotopic (exact) mass is 647 g/mol. The number of hydrogen-bond donors (Lipinski definition) is 4. The summed E-state index contributed by atoms with van der Waals surface area (Å²) >= 11 is 0. The molecular weight excluding hydrogens is 606 g/mol. The molecule has 0 spiro atoms. The van der Waals surface area contributed by atoms with Crippen LogP contribution in [-0.4, -0.2) is 55.5 Å². The maximum Gasteiger partial charge on any atom is 0.362 e. The molecule has 4 N–H and O–H groups in total. The number of fused-ring (bicyclic) bond motifs is 6. The fourth-order valence-electron chi connectivity index (χ4n) is 5.88. The Labute approximate surface area is 277 Å². The van der Waals surface area contributed by atoms with Gasteiger partial charge in [-0.15, -0.1) is 0 Å².